The lowest BCUT2D eigenvalue weighted by atomic mass is 9.97. The van der Waals surface area contributed by atoms with Gasteiger partial charge in [0.15, 0.2) is 5.92 Å². The van der Waals surface area contributed by atoms with Gasteiger partial charge in [-0.1, -0.05) is 18.2 Å². The molecule has 1 aliphatic rings. The number of halogens is 3. The molecule has 0 aromatic heterocycles. The van der Waals surface area contributed by atoms with E-state index in [1.54, 1.807) is 18.2 Å². The number of para-hydroxylation sites is 1. The van der Waals surface area contributed by atoms with E-state index in [2.05, 4.69) is 5.32 Å². The molecule has 6 heteroatoms. The van der Waals surface area contributed by atoms with Crippen LogP contribution in [-0.2, 0) is 11.2 Å². The molecule has 0 fully saturated rings. The molecule has 1 aromatic carbocycles. The van der Waals surface area contributed by atoms with E-state index < -0.39 is 30.5 Å². The molecule has 3 nitrogen and oxygen atoms in total. The maximum Gasteiger partial charge on any atom is 0.402 e. The molecule has 0 saturated carbocycles. The van der Waals surface area contributed by atoms with Gasteiger partial charge in [0.05, 0.1) is 0 Å². The highest BCUT2D eigenvalue weighted by molar-refractivity contribution is 5.71. The van der Waals surface area contributed by atoms with Crippen LogP contribution in [0.3, 0.4) is 0 Å². The number of aliphatic carboxylic acids is 1. The number of benzene rings is 1. The Morgan fingerprint density at radius 2 is 2.11 bits per heavy atom. The second-order valence-electron chi connectivity index (χ2n) is 4.37. The molecule has 1 aliphatic heterocycles. The van der Waals surface area contributed by atoms with E-state index in [1.807, 2.05) is 6.07 Å². The summed E-state index contributed by atoms with van der Waals surface area (Å²) in [7, 11) is 0. The molecule has 0 bridgehead atoms. The van der Waals surface area contributed by atoms with Crippen LogP contribution in [-0.4, -0.2) is 23.3 Å². The van der Waals surface area contributed by atoms with Crippen LogP contribution in [0.4, 0.5) is 18.9 Å². The topological polar surface area (TPSA) is 49.3 Å². The predicted molar refractivity (Wildman–Crippen MR) is 59.4 cm³/mol. The first kappa shape index (κ1) is 12.7. The van der Waals surface area contributed by atoms with Crippen LogP contribution in [0.15, 0.2) is 24.3 Å². The van der Waals surface area contributed by atoms with E-state index in [-0.39, 0.29) is 0 Å². The van der Waals surface area contributed by atoms with Crippen LogP contribution in [0.1, 0.15) is 12.0 Å². The summed E-state index contributed by atoms with van der Waals surface area (Å²) in [5.41, 5.74) is 1.71. The maximum absolute atomic E-state index is 12.5. The first-order valence-corrected chi connectivity index (χ1v) is 5.52. The summed E-state index contributed by atoms with van der Waals surface area (Å²) >= 11 is 0. The van der Waals surface area contributed by atoms with Crippen molar-refractivity contribution in [2.75, 3.05) is 5.32 Å². The standard InChI is InChI=1S/C12H12F3NO2/c13-12(14,15)9(11(17)18)6-8-5-7-3-1-2-4-10(7)16-8/h1-4,8-9,16H,5-6H2,(H,17,18)/t8-,9+/m1/s1. The van der Waals surface area contributed by atoms with Gasteiger partial charge in [-0.25, -0.2) is 0 Å². The Labute approximate surface area is 102 Å². The van der Waals surface area contributed by atoms with Gasteiger partial charge < -0.3 is 10.4 Å². The Morgan fingerprint density at radius 3 is 2.67 bits per heavy atom. The number of hydrogen-bond donors (Lipinski definition) is 2. The molecular formula is C12H12F3NO2. The molecule has 2 rings (SSSR count). The van der Waals surface area contributed by atoms with Gasteiger partial charge in [0, 0.05) is 11.7 Å². The van der Waals surface area contributed by atoms with Crippen molar-refractivity contribution in [3.63, 3.8) is 0 Å². The zero-order valence-corrected chi connectivity index (χ0v) is 9.37. The molecule has 0 radical (unpaired) electrons. The Hall–Kier alpha value is -1.72. The van der Waals surface area contributed by atoms with Crippen molar-refractivity contribution in [1.82, 2.24) is 0 Å². The maximum atomic E-state index is 12.5. The third kappa shape index (κ3) is 2.57. The summed E-state index contributed by atoms with van der Waals surface area (Å²) in [5, 5.41) is 11.6. The molecule has 1 heterocycles. The van der Waals surface area contributed by atoms with Crippen molar-refractivity contribution in [3.05, 3.63) is 29.8 Å². The van der Waals surface area contributed by atoms with E-state index in [0.717, 1.165) is 11.3 Å². The Kier molecular flexibility index (Phi) is 3.19. The molecule has 18 heavy (non-hydrogen) atoms. The second kappa shape index (κ2) is 4.51. The molecule has 2 atom stereocenters. The predicted octanol–water partition coefficient (Wildman–Crippen LogP) is 2.68. The molecule has 0 spiro atoms. The lowest BCUT2D eigenvalue weighted by Gasteiger charge is -2.20. The fourth-order valence-corrected chi connectivity index (χ4v) is 2.18. The van der Waals surface area contributed by atoms with E-state index >= 15 is 0 Å². The normalized spacial score (nSPS) is 20.1. The highest BCUT2D eigenvalue weighted by Crippen LogP contribution is 2.34. The zero-order chi connectivity index (χ0) is 13.3. The number of hydrogen-bond acceptors (Lipinski definition) is 2. The van der Waals surface area contributed by atoms with Gasteiger partial charge in [0.2, 0.25) is 0 Å². The molecule has 0 saturated heterocycles. The highest BCUT2D eigenvalue weighted by Gasteiger charge is 2.46. The van der Waals surface area contributed by atoms with Crippen LogP contribution >= 0.6 is 0 Å². The first-order chi connectivity index (χ1) is 8.38. The molecular weight excluding hydrogens is 247 g/mol. The number of rotatable bonds is 3. The summed E-state index contributed by atoms with van der Waals surface area (Å²) in [4.78, 5) is 10.7. The Morgan fingerprint density at radius 1 is 1.44 bits per heavy atom. The number of carbonyl (C=O) groups is 1. The summed E-state index contributed by atoms with van der Waals surface area (Å²) in [6.07, 6.45) is -4.73. The molecule has 98 valence electrons. The minimum atomic E-state index is -4.71. The number of anilines is 1. The third-order valence-electron chi connectivity index (χ3n) is 3.06. The van der Waals surface area contributed by atoms with Crippen molar-refractivity contribution in [2.45, 2.75) is 25.1 Å². The van der Waals surface area contributed by atoms with Crippen LogP contribution in [0.25, 0.3) is 0 Å². The molecule has 1 aromatic rings. The monoisotopic (exact) mass is 259 g/mol. The van der Waals surface area contributed by atoms with Crippen LogP contribution in [0.5, 0.6) is 0 Å². The van der Waals surface area contributed by atoms with Crippen molar-refractivity contribution in [1.29, 1.82) is 0 Å². The number of fused-ring (bicyclic) bond motifs is 1. The average Bonchev–Trinajstić information content (AvgIpc) is 2.66. The molecule has 0 amide bonds. The van der Waals surface area contributed by atoms with Gasteiger partial charge in [-0.15, -0.1) is 0 Å². The molecule has 0 aliphatic carbocycles. The van der Waals surface area contributed by atoms with E-state index in [1.165, 1.54) is 0 Å². The zero-order valence-electron chi connectivity index (χ0n) is 9.37. The van der Waals surface area contributed by atoms with Gasteiger partial charge >= 0.3 is 12.1 Å². The van der Waals surface area contributed by atoms with Crippen molar-refractivity contribution in [2.24, 2.45) is 5.92 Å². The first-order valence-electron chi connectivity index (χ1n) is 5.52. The average molecular weight is 259 g/mol. The quantitative estimate of drug-likeness (QED) is 0.877. The van der Waals surface area contributed by atoms with Crippen molar-refractivity contribution >= 4 is 11.7 Å². The number of carboxylic acid groups (broad SMARTS) is 1. The number of nitrogens with one attached hydrogen (secondary N) is 1. The number of alkyl halides is 3. The number of carboxylic acids is 1. The van der Waals surface area contributed by atoms with Crippen LogP contribution in [0.2, 0.25) is 0 Å². The fourth-order valence-electron chi connectivity index (χ4n) is 2.18. The van der Waals surface area contributed by atoms with E-state index in [0.29, 0.717) is 6.42 Å². The third-order valence-corrected chi connectivity index (χ3v) is 3.06. The van der Waals surface area contributed by atoms with Gasteiger partial charge in [0.1, 0.15) is 0 Å². The van der Waals surface area contributed by atoms with E-state index in [4.69, 9.17) is 5.11 Å². The minimum absolute atomic E-state index is 0.427. The lowest BCUT2D eigenvalue weighted by Crippen LogP contribution is -2.35. The van der Waals surface area contributed by atoms with Gasteiger partial charge in [-0.2, -0.15) is 13.2 Å². The summed E-state index contributed by atoms with van der Waals surface area (Å²) in [5.74, 6) is -4.13. The summed E-state index contributed by atoms with van der Waals surface area (Å²) in [6.45, 7) is 0. The second-order valence-corrected chi connectivity index (χ2v) is 4.37. The smallest absolute Gasteiger partial charge is 0.402 e. The Balaban J connectivity index is 2.06. The van der Waals surface area contributed by atoms with Crippen LogP contribution < -0.4 is 5.32 Å². The largest absolute Gasteiger partial charge is 0.481 e. The molecule has 0 unspecified atom stereocenters. The Bertz CT molecular complexity index is 434. The van der Waals surface area contributed by atoms with E-state index in [9.17, 15) is 18.0 Å². The molecule has 2 N–H and O–H groups in total. The van der Waals surface area contributed by atoms with Gasteiger partial charge in [-0.05, 0) is 24.5 Å². The van der Waals surface area contributed by atoms with Crippen LogP contribution in [0, 0.1) is 5.92 Å². The fraction of sp³-hybridized carbons (Fsp3) is 0.417. The SMILES string of the molecule is O=C(O)[C@H](C[C@H]1Cc2ccccc2N1)C(F)(F)F. The van der Waals surface area contributed by atoms with Crippen molar-refractivity contribution in [3.8, 4) is 0 Å². The van der Waals surface area contributed by atoms with Gasteiger partial charge in [-0.3, -0.25) is 4.79 Å². The lowest BCUT2D eigenvalue weighted by molar-refractivity contribution is -0.195. The highest BCUT2D eigenvalue weighted by atomic mass is 19.4. The summed E-state index contributed by atoms with van der Waals surface area (Å²) in [6, 6.07) is 6.71. The minimum Gasteiger partial charge on any atom is -0.481 e. The van der Waals surface area contributed by atoms with Crippen molar-refractivity contribution < 1.29 is 23.1 Å². The van der Waals surface area contributed by atoms with Gasteiger partial charge in [0.25, 0.3) is 0 Å². The summed E-state index contributed by atoms with van der Waals surface area (Å²) < 4.78 is 37.6.